The largest absolute Gasteiger partial charge is 0.324 e. The number of nitrogens with zero attached hydrogens (tertiary/aromatic N) is 3. The van der Waals surface area contributed by atoms with E-state index in [-0.39, 0.29) is 11.5 Å². The fourth-order valence-electron chi connectivity index (χ4n) is 3.06. The summed E-state index contributed by atoms with van der Waals surface area (Å²) >= 11 is 0. The third-order valence-corrected chi connectivity index (χ3v) is 4.87. The van der Waals surface area contributed by atoms with E-state index in [9.17, 15) is 9.59 Å². The maximum atomic E-state index is 12.8. The molecule has 0 aliphatic carbocycles. The number of hydrogen-bond acceptors (Lipinski definition) is 4. The van der Waals surface area contributed by atoms with Crippen molar-refractivity contribution in [2.75, 3.05) is 5.32 Å². The molecule has 29 heavy (non-hydrogen) atoms. The number of benzene rings is 2. The fraction of sp³-hybridized carbons (Fsp3) is 0.217. The molecule has 0 saturated carbocycles. The van der Waals surface area contributed by atoms with Crippen LogP contribution in [-0.4, -0.2) is 15.7 Å². The highest BCUT2D eigenvalue weighted by atomic mass is 16.2. The third kappa shape index (κ3) is 4.41. The Balaban J connectivity index is 1.94. The molecule has 1 atom stereocenters. The Morgan fingerprint density at radius 1 is 1.14 bits per heavy atom. The Labute approximate surface area is 169 Å². The van der Waals surface area contributed by atoms with Crippen molar-refractivity contribution in [3.05, 3.63) is 81.6 Å². The Morgan fingerprint density at radius 2 is 1.93 bits per heavy atom. The normalized spacial score (nSPS) is 11.5. The standard InChI is InChI=1S/C23H22N4O2/c1-4-21(23(29)25-19-7-5-6-17(13-19)14-24)27-22(28)11-10-20(26-27)18-9-8-15(2)16(3)12-18/h5-13,21H,4H2,1-3H3,(H,25,29)/t21-/m1/s1. The number of nitrogens with one attached hydrogen (secondary N) is 1. The van der Waals surface area contributed by atoms with Gasteiger partial charge in [0.2, 0.25) is 5.91 Å². The molecule has 3 aromatic rings. The predicted molar refractivity (Wildman–Crippen MR) is 113 cm³/mol. The molecular formula is C23H22N4O2. The summed E-state index contributed by atoms with van der Waals surface area (Å²) < 4.78 is 1.23. The Morgan fingerprint density at radius 3 is 2.62 bits per heavy atom. The number of amides is 1. The summed E-state index contributed by atoms with van der Waals surface area (Å²) in [4.78, 5) is 25.3. The van der Waals surface area contributed by atoms with E-state index in [2.05, 4.69) is 10.4 Å². The van der Waals surface area contributed by atoms with Crippen LogP contribution in [0.1, 0.15) is 36.1 Å². The van der Waals surface area contributed by atoms with Crippen LogP contribution >= 0.6 is 0 Å². The molecule has 6 nitrogen and oxygen atoms in total. The van der Waals surface area contributed by atoms with Crippen LogP contribution in [0.25, 0.3) is 11.3 Å². The summed E-state index contributed by atoms with van der Waals surface area (Å²) in [5.41, 5.74) is 4.43. The monoisotopic (exact) mass is 386 g/mol. The smallest absolute Gasteiger partial charge is 0.267 e. The average Bonchev–Trinajstić information content (AvgIpc) is 2.72. The summed E-state index contributed by atoms with van der Waals surface area (Å²) in [5.74, 6) is -0.352. The van der Waals surface area contributed by atoms with Crippen LogP contribution in [0.5, 0.6) is 0 Å². The highest BCUT2D eigenvalue weighted by molar-refractivity contribution is 5.93. The van der Waals surface area contributed by atoms with Gasteiger partial charge in [0, 0.05) is 17.3 Å². The van der Waals surface area contributed by atoms with Crippen LogP contribution in [0.2, 0.25) is 0 Å². The number of aryl methyl sites for hydroxylation is 2. The first-order valence-electron chi connectivity index (χ1n) is 9.41. The van der Waals surface area contributed by atoms with Crippen LogP contribution in [0.3, 0.4) is 0 Å². The Hall–Kier alpha value is -3.72. The van der Waals surface area contributed by atoms with Crippen molar-refractivity contribution in [3.8, 4) is 17.3 Å². The zero-order valence-corrected chi connectivity index (χ0v) is 16.6. The van der Waals surface area contributed by atoms with Gasteiger partial charge in [0.15, 0.2) is 0 Å². The zero-order chi connectivity index (χ0) is 21.0. The molecule has 0 bridgehead atoms. The van der Waals surface area contributed by atoms with Gasteiger partial charge < -0.3 is 5.32 Å². The number of carbonyl (C=O) groups is 1. The number of nitriles is 1. The van der Waals surface area contributed by atoms with Crippen LogP contribution in [0.15, 0.2) is 59.4 Å². The fourth-order valence-corrected chi connectivity index (χ4v) is 3.06. The van der Waals surface area contributed by atoms with Crippen LogP contribution in [-0.2, 0) is 4.79 Å². The first-order chi connectivity index (χ1) is 13.9. The number of anilines is 1. The second-order valence-corrected chi connectivity index (χ2v) is 6.91. The van der Waals surface area contributed by atoms with Crippen LogP contribution in [0, 0.1) is 25.2 Å². The molecule has 1 amide bonds. The van der Waals surface area contributed by atoms with E-state index < -0.39 is 6.04 Å². The lowest BCUT2D eigenvalue weighted by Crippen LogP contribution is -2.34. The minimum atomic E-state index is -0.764. The van der Waals surface area contributed by atoms with Crippen molar-refractivity contribution in [2.24, 2.45) is 0 Å². The van der Waals surface area contributed by atoms with Gasteiger partial charge in [-0.1, -0.05) is 25.1 Å². The molecule has 146 valence electrons. The molecular weight excluding hydrogens is 364 g/mol. The highest BCUT2D eigenvalue weighted by Gasteiger charge is 2.21. The van der Waals surface area contributed by atoms with Gasteiger partial charge in [-0.05, 0) is 61.7 Å². The molecule has 6 heteroatoms. The van der Waals surface area contributed by atoms with Crippen molar-refractivity contribution < 1.29 is 4.79 Å². The molecule has 0 aliphatic rings. The first kappa shape index (κ1) is 20.0. The predicted octanol–water partition coefficient (Wildman–Crippen LogP) is 3.99. The summed E-state index contributed by atoms with van der Waals surface area (Å²) in [6, 6.07) is 17.0. The molecule has 2 aromatic carbocycles. The van der Waals surface area contributed by atoms with Gasteiger partial charge in [-0.3, -0.25) is 9.59 Å². The van der Waals surface area contributed by atoms with Crippen molar-refractivity contribution >= 4 is 11.6 Å². The molecule has 0 spiro atoms. The lowest BCUT2D eigenvalue weighted by atomic mass is 10.0. The van der Waals surface area contributed by atoms with E-state index in [1.54, 1.807) is 30.3 Å². The summed E-state index contributed by atoms with van der Waals surface area (Å²) in [7, 11) is 0. The lowest BCUT2D eigenvalue weighted by molar-refractivity contribution is -0.119. The van der Waals surface area contributed by atoms with Crippen molar-refractivity contribution in [3.63, 3.8) is 0 Å². The summed E-state index contributed by atoms with van der Waals surface area (Å²) in [6.07, 6.45) is 0.396. The first-order valence-corrected chi connectivity index (χ1v) is 9.41. The van der Waals surface area contributed by atoms with Gasteiger partial charge in [-0.15, -0.1) is 0 Å². The van der Waals surface area contributed by atoms with Crippen molar-refractivity contribution in [1.29, 1.82) is 5.26 Å². The van der Waals surface area contributed by atoms with E-state index in [0.717, 1.165) is 11.1 Å². The van der Waals surface area contributed by atoms with Gasteiger partial charge in [-0.25, -0.2) is 4.68 Å². The SMILES string of the molecule is CC[C@H](C(=O)Nc1cccc(C#N)c1)n1nc(-c2ccc(C)c(C)c2)ccc1=O. The van der Waals surface area contributed by atoms with Gasteiger partial charge in [0.1, 0.15) is 6.04 Å². The van der Waals surface area contributed by atoms with Crippen LogP contribution in [0.4, 0.5) is 5.69 Å². The highest BCUT2D eigenvalue weighted by Crippen LogP contribution is 2.21. The molecule has 0 saturated heterocycles. The van der Waals surface area contributed by atoms with Crippen molar-refractivity contribution in [1.82, 2.24) is 9.78 Å². The molecule has 0 radical (unpaired) electrons. The molecule has 1 N–H and O–H groups in total. The lowest BCUT2D eigenvalue weighted by Gasteiger charge is -2.18. The summed E-state index contributed by atoms with van der Waals surface area (Å²) in [5, 5.41) is 16.3. The number of rotatable bonds is 5. The van der Waals surface area contributed by atoms with Crippen LogP contribution < -0.4 is 10.9 Å². The molecule has 0 fully saturated rings. The number of hydrogen-bond donors (Lipinski definition) is 1. The molecule has 1 heterocycles. The summed E-state index contributed by atoms with van der Waals surface area (Å²) in [6.45, 7) is 5.88. The van der Waals surface area contributed by atoms with E-state index in [0.29, 0.717) is 23.4 Å². The second kappa shape index (κ2) is 8.53. The van der Waals surface area contributed by atoms with Crippen molar-refractivity contribution in [2.45, 2.75) is 33.2 Å². The maximum absolute atomic E-state index is 12.8. The molecule has 0 aliphatic heterocycles. The third-order valence-electron chi connectivity index (χ3n) is 4.87. The number of aromatic nitrogens is 2. The minimum Gasteiger partial charge on any atom is -0.324 e. The maximum Gasteiger partial charge on any atom is 0.267 e. The Kier molecular flexibility index (Phi) is 5.89. The van der Waals surface area contributed by atoms with E-state index in [1.165, 1.54) is 16.3 Å². The number of carbonyl (C=O) groups excluding carboxylic acids is 1. The van der Waals surface area contributed by atoms with E-state index >= 15 is 0 Å². The van der Waals surface area contributed by atoms with Gasteiger partial charge in [-0.2, -0.15) is 10.4 Å². The zero-order valence-electron chi connectivity index (χ0n) is 16.6. The van der Waals surface area contributed by atoms with Gasteiger partial charge in [0.25, 0.3) is 5.56 Å². The molecule has 3 rings (SSSR count). The van der Waals surface area contributed by atoms with E-state index in [4.69, 9.17) is 5.26 Å². The average molecular weight is 386 g/mol. The van der Waals surface area contributed by atoms with E-state index in [1.807, 2.05) is 45.0 Å². The molecule has 0 unspecified atom stereocenters. The van der Waals surface area contributed by atoms with Gasteiger partial charge in [0.05, 0.1) is 17.3 Å². The topological polar surface area (TPSA) is 87.8 Å². The second-order valence-electron chi connectivity index (χ2n) is 6.91. The quantitative estimate of drug-likeness (QED) is 0.718. The Bertz CT molecular complexity index is 1160. The van der Waals surface area contributed by atoms with Gasteiger partial charge >= 0.3 is 0 Å². The minimum absolute atomic E-state index is 0.342. The molecule has 1 aromatic heterocycles.